The van der Waals surface area contributed by atoms with Gasteiger partial charge < -0.3 is 19.9 Å². The molecule has 5 rings (SSSR count). The number of hydrogen-bond acceptors (Lipinski definition) is 8. The standard InChI is InChI=1S/C24H19ClF3N7O2.CH4O3S/c25-18-11-15(1-4-20(18)37-17-3-2-16-5-7-32-35(16)13-17)33-23-22-19(30-14-31-23)6-9-34(22)10-8-29-21(36)12-24(26,27)28;1-5(2,3)4/h1-7,9,11,13-14H,8,10,12H2,(H,29,36)(H,30,31,33);1H3,(H,2,3,4). The number of rotatable bonds is 8. The van der Waals surface area contributed by atoms with Gasteiger partial charge >= 0.3 is 6.18 Å². The van der Waals surface area contributed by atoms with E-state index in [1.165, 1.54) is 6.33 Å². The molecule has 1 amide bonds. The number of ether oxygens (including phenoxy) is 1. The van der Waals surface area contributed by atoms with Gasteiger partial charge in [-0.05, 0) is 42.5 Å². The summed E-state index contributed by atoms with van der Waals surface area (Å²) in [5, 5.41) is 10.0. The summed E-state index contributed by atoms with van der Waals surface area (Å²) in [6.07, 6.45) is 1.20. The van der Waals surface area contributed by atoms with E-state index in [4.69, 9.17) is 20.9 Å². The first-order valence-corrected chi connectivity index (χ1v) is 14.2. The van der Waals surface area contributed by atoms with E-state index in [0.717, 1.165) is 5.52 Å². The first kappa shape index (κ1) is 30.5. The highest BCUT2D eigenvalue weighted by atomic mass is 35.5. The third-order valence-corrected chi connectivity index (χ3v) is 5.67. The first-order chi connectivity index (χ1) is 19.7. The van der Waals surface area contributed by atoms with Crippen molar-refractivity contribution >= 4 is 55.7 Å². The number of halogens is 4. The SMILES string of the molecule is CS(=O)(=O)O.O=C(CC(F)(F)F)NCCn1ccc2ncnc(Nc3ccc(Oc4ccc5ccnn5c4)c(Cl)c3)c21. The fourth-order valence-electron chi connectivity index (χ4n) is 3.75. The van der Waals surface area contributed by atoms with Crippen molar-refractivity contribution in [3.63, 3.8) is 0 Å². The molecule has 1 aromatic carbocycles. The molecule has 0 spiro atoms. The summed E-state index contributed by atoms with van der Waals surface area (Å²) in [6.45, 7) is 0.235. The minimum absolute atomic E-state index is 0.00914. The number of pyridine rings is 1. The average molecular weight is 626 g/mol. The third-order valence-electron chi connectivity index (χ3n) is 5.38. The Bertz CT molecular complexity index is 1820. The minimum Gasteiger partial charge on any atom is -0.454 e. The van der Waals surface area contributed by atoms with Crippen molar-refractivity contribution in [2.24, 2.45) is 0 Å². The van der Waals surface area contributed by atoms with E-state index in [1.807, 2.05) is 18.2 Å². The molecule has 3 N–H and O–H groups in total. The summed E-state index contributed by atoms with van der Waals surface area (Å²) < 4.78 is 72.3. The first-order valence-electron chi connectivity index (χ1n) is 12.0. The highest BCUT2D eigenvalue weighted by Crippen LogP contribution is 2.33. The number of carbonyl (C=O) groups is 1. The Kier molecular flexibility index (Phi) is 9.18. The van der Waals surface area contributed by atoms with Crippen molar-refractivity contribution in [3.8, 4) is 11.5 Å². The number of benzene rings is 1. The lowest BCUT2D eigenvalue weighted by Crippen LogP contribution is -2.31. The molecule has 0 radical (unpaired) electrons. The topological polar surface area (TPSA) is 153 Å². The molecule has 42 heavy (non-hydrogen) atoms. The molecule has 0 aliphatic carbocycles. The van der Waals surface area contributed by atoms with Gasteiger partial charge in [-0.15, -0.1) is 0 Å². The number of fused-ring (bicyclic) bond motifs is 2. The molecule has 4 aromatic heterocycles. The zero-order valence-electron chi connectivity index (χ0n) is 21.7. The lowest BCUT2D eigenvalue weighted by atomic mass is 10.3. The van der Waals surface area contributed by atoms with Crippen molar-refractivity contribution < 1.29 is 35.7 Å². The maximum Gasteiger partial charge on any atom is 0.397 e. The Hall–Kier alpha value is -4.41. The van der Waals surface area contributed by atoms with Crippen LogP contribution in [0.5, 0.6) is 11.5 Å². The van der Waals surface area contributed by atoms with E-state index in [9.17, 15) is 26.4 Å². The Balaban J connectivity index is 0.000000748. The van der Waals surface area contributed by atoms with E-state index in [-0.39, 0.29) is 13.1 Å². The maximum absolute atomic E-state index is 12.4. The molecule has 0 aliphatic rings. The van der Waals surface area contributed by atoms with Crippen LogP contribution in [0.4, 0.5) is 24.7 Å². The van der Waals surface area contributed by atoms with Crippen LogP contribution in [0, 0.1) is 0 Å². The Morgan fingerprint density at radius 3 is 2.62 bits per heavy atom. The summed E-state index contributed by atoms with van der Waals surface area (Å²) >= 11 is 6.47. The normalized spacial score (nSPS) is 11.7. The number of alkyl halides is 3. The number of carbonyl (C=O) groups excluding carboxylic acids is 1. The van der Waals surface area contributed by atoms with Gasteiger partial charge in [0.15, 0.2) is 5.82 Å². The van der Waals surface area contributed by atoms with Crippen molar-refractivity contribution in [1.29, 1.82) is 0 Å². The number of aromatic nitrogens is 5. The van der Waals surface area contributed by atoms with Crippen LogP contribution >= 0.6 is 11.6 Å². The van der Waals surface area contributed by atoms with Gasteiger partial charge in [0.1, 0.15) is 29.8 Å². The van der Waals surface area contributed by atoms with Crippen LogP contribution < -0.4 is 15.4 Å². The number of hydrogen-bond donors (Lipinski definition) is 3. The van der Waals surface area contributed by atoms with Crippen molar-refractivity contribution in [2.75, 3.05) is 18.1 Å². The van der Waals surface area contributed by atoms with Crippen LogP contribution in [-0.2, 0) is 21.5 Å². The van der Waals surface area contributed by atoms with Gasteiger partial charge in [-0.25, -0.2) is 14.5 Å². The quantitative estimate of drug-likeness (QED) is 0.206. The monoisotopic (exact) mass is 625 g/mol. The second-order valence-electron chi connectivity index (χ2n) is 8.78. The van der Waals surface area contributed by atoms with Crippen molar-refractivity contribution in [1.82, 2.24) is 29.5 Å². The lowest BCUT2D eigenvalue weighted by Gasteiger charge is -2.13. The molecule has 12 nitrogen and oxygen atoms in total. The van der Waals surface area contributed by atoms with Crippen molar-refractivity contribution in [2.45, 2.75) is 19.1 Å². The average Bonchev–Trinajstić information content (AvgIpc) is 3.51. The van der Waals surface area contributed by atoms with Crippen LogP contribution in [0.25, 0.3) is 16.6 Å². The van der Waals surface area contributed by atoms with Crippen LogP contribution in [-0.4, -0.2) is 62.0 Å². The summed E-state index contributed by atoms with van der Waals surface area (Å²) in [4.78, 5) is 20.0. The Morgan fingerprint density at radius 2 is 1.90 bits per heavy atom. The molecule has 0 unspecified atom stereocenters. The molecular weight excluding hydrogens is 603 g/mol. The molecule has 0 saturated carbocycles. The molecule has 5 aromatic rings. The molecule has 222 valence electrons. The molecule has 0 saturated heterocycles. The number of nitrogens with zero attached hydrogens (tertiary/aromatic N) is 5. The van der Waals surface area contributed by atoms with E-state index < -0.39 is 28.6 Å². The zero-order chi connectivity index (χ0) is 30.5. The van der Waals surface area contributed by atoms with E-state index >= 15 is 0 Å². The smallest absolute Gasteiger partial charge is 0.397 e. The van der Waals surface area contributed by atoms with Crippen LogP contribution in [0.3, 0.4) is 0 Å². The maximum atomic E-state index is 12.4. The fraction of sp³-hybridized carbons (Fsp3) is 0.200. The van der Waals surface area contributed by atoms with E-state index in [2.05, 4.69) is 25.7 Å². The Labute approximate surface area is 241 Å². The van der Waals surface area contributed by atoms with Gasteiger partial charge in [0.25, 0.3) is 10.1 Å². The lowest BCUT2D eigenvalue weighted by molar-refractivity contribution is -0.153. The minimum atomic E-state index is -4.55. The predicted octanol–water partition coefficient (Wildman–Crippen LogP) is 4.84. The summed E-state index contributed by atoms with van der Waals surface area (Å²) in [5.74, 6) is 0.395. The summed E-state index contributed by atoms with van der Waals surface area (Å²) in [7, 11) is -3.67. The van der Waals surface area contributed by atoms with Crippen LogP contribution in [0.15, 0.2) is 67.4 Å². The molecule has 0 atom stereocenters. The molecule has 0 fully saturated rings. The second kappa shape index (κ2) is 12.6. The van der Waals surface area contributed by atoms with Gasteiger partial charge in [-0.3, -0.25) is 9.35 Å². The van der Waals surface area contributed by atoms with E-state index in [1.54, 1.807) is 51.9 Å². The molecule has 0 aliphatic heterocycles. The second-order valence-corrected chi connectivity index (χ2v) is 10.7. The zero-order valence-corrected chi connectivity index (χ0v) is 23.3. The molecule has 4 heterocycles. The number of amides is 1. The Morgan fingerprint density at radius 1 is 1.14 bits per heavy atom. The largest absolute Gasteiger partial charge is 0.454 e. The highest BCUT2D eigenvalue weighted by Gasteiger charge is 2.30. The number of anilines is 2. The van der Waals surface area contributed by atoms with Crippen LogP contribution in [0.1, 0.15) is 6.42 Å². The van der Waals surface area contributed by atoms with Gasteiger partial charge in [0.2, 0.25) is 5.91 Å². The van der Waals surface area contributed by atoms with Gasteiger partial charge in [0, 0.05) is 31.2 Å². The van der Waals surface area contributed by atoms with Gasteiger partial charge in [0.05, 0.1) is 28.5 Å². The fourth-order valence-corrected chi connectivity index (χ4v) is 3.97. The van der Waals surface area contributed by atoms with Crippen molar-refractivity contribution in [3.05, 3.63) is 72.4 Å². The van der Waals surface area contributed by atoms with E-state index in [0.29, 0.717) is 45.3 Å². The van der Waals surface area contributed by atoms with Gasteiger partial charge in [-0.2, -0.15) is 26.7 Å². The molecule has 17 heteroatoms. The molecule has 0 bridgehead atoms. The third kappa shape index (κ3) is 8.79. The predicted molar refractivity (Wildman–Crippen MR) is 149 cm³/mol. The highest BCUT2D eigenvalue weighted by molar-refractivity contribution is 7.85. The summed E-state index contributed by atoms with van der Waals surface area (Å²) in [6, 6.07) is 12.5. The van der Waals surface area contributed by atoms with Gasteiger partial charge in [-0.1, -0.05) is 11.6 Å². The molecular formula is C25H23ClF3N7O5S. The summed E-state index contributed by atoms with van der Waals surface area (Å²) in [5.41, 5.74) is 2.81. The van der Waals surface area contributed by atoms with Crippen LogP contribution in [0.2, 0.25) is 5.02 Å². The number of nitrogens with one attached hydrogen (secondary N) is 2.